The van der Waals surface area contributed by atoms with Crippen molar-refractivity contribution in [2.75, 3.05) is 26.2 Å². The maximum Gasteiger partial charge on any atom is 0.256 e. The van der Waals surface area contributed by atoms with Gasteiger partial charge in [0.15, 0.2) is 0 Å². The molecule has 5 nitrogen and oxygen atoms in total. The first-order chi connectivity index (χ1) is 12.5. The molecule has 1 saturated carbocycles. The quantitative estimate of drug-likeness (QED) is 0.769. The van der Waals surface area contributed by atoms with E-state index < -0.39 is 6.04 Å². The monoisotopic (exact) mass is 396 g/mol. The highest BCUT2D eigenvalue weighted by molar-refractivity contribution is 6.35. The van der Waals surface area contributed by atoms with E-state index in [9.17, 15) is 9.59 Å². The Kier molecular flexibility index (Phi) is 4.88. The van der Waals surface area contributed by atoms with Crippen LogP contribution >= 0.6 is 23.2 Å². The van der Waals surface area contributed by atoms with Gasteiger partial charge in [-0.2, -0.15) is 0 Å². The minimum Gasteiger partial charge on any atom is -0.371 e. The van der Waals surface area contributed by atoms with E-state index in [0.717, 1.165) is 25.7 Å². The average molecular weight is 397 g/mol. The number of benzene rings is 1. The Balaban J connectivity index is 1.51. The Morgan fingerprint density at radius 2 is 1.96 bits per heavy atom. The molecule has 2 saturated heterocycles. The van der Waals surface area contributed by atoms with Crippen LogP contribution in [0, 0.1) is 0 Å². The van der Waals surface area contributed by atoms with Gasteiger partial charge < -0.3 is 14.5 Å². The van der Waals surface area contributed by atoms with Crippen LogP contribution in [0.4, 0.5) is 0 Å². The lowest BCUT2D eigenvalue weighted by molar-refractivity contribution is -0.170. The van der Waals surface area contributed by atoms with Gasteiger partial charge in [-0.25, -0.2) is 0 Å². The topological polar surface area (TPSA) is 49.9 Å². The fourth-order valence-corrected chi connectivity index (χ4v) is 4.57. The van der Waals surface area contributed by atoms with Crippen molar-refractivity contribution in [1.82, 2.24) is 9.80 Å². The standard InChI is InChI=1S/C19H22Cl2N2O3/c20-13-4-5-15(21)14(11-13)17(24)23-8-1-3-16(23)18(25)22-9-10-26-19(12-22)6-2-7-19/h4-5,11,16H,1-3,6-10,12H2. The Morgan fingerprint density at radius 3 is 2.69 bits per heavy atom. The molecular weight excluding hydrogens is 375 g/mol. The second kappa shape index (κ2) is 7.02. The molecular formula is C19H22Cl2N2O3. The third-order valence-corrected chi connectivity index (χ3v) is 6.35. The van der Waals surface area contributed by atoms with E-state index in [1.54, 1.807) is 23.1 Å². The normalized spacial score (nSPS) is 24.6. The van der Waals surface area contributed by atoms with Crippen LogP contribution in [-0.2, 0) is 9.53 Å². The number of halogens is 2. The third kappa shape index (κ3) is 3.21. The minimum absolute atomic E-state index is 0.0311. The Labute approximate surface area is 163 Å². The van der Waals surface area contributed by atoms with Crippen molar-refractivity contribution in [2.45, 2.75) is 43.7 Å². The first kappa shape index (κ1) is 18.1. The Hall–Kier alpha value is -1.30. The van der Waals surface area contributed by atoms with E-state index in [0.29, 0.717) is 48.3 Å². The summed E-state index contributed by atoms with van der Waals surface area (Å²) in [5, 5.41) is 0.817. The number of carbonyl (C=O) groups excluding carboxylic acids is 2. The summed E-state index contributed by atoms with van der Waals surface area (Å²) in [6.07, 6.45) is 4.69. The molecule has 1 spiro atoms. The number of hydrogen-bond acceptors (Lipinski definition) is 3. The number of rotatable bonds is 2. The molecule has 0 N–H and O–H groups in total. The zero-order chi connectivity index (χ0) is 18.3. The highest BCUT2D eigenvalue weighted by Gasteiger charge is 2.45. The van der Waals surface area contributed by atoms with Crippen molar-refractivity contribution < 1.29 is 14.3 Å². The fourth-order valence-electron chi connectivity index (χ4n) is 4.20. The lowest BCUT2D eigenvalue weighted by Gasteiger charge is -2.49. The van der Waals surface area contributed by atoms with Gasteiger partial charge in [0.1, 0.15) is 6.04 Å². The van der Waals surface area contributed by atoms with Crippen LogP contribution in [0.3, 0.4) is 0 Å². The highest BCUT2D eigenvalue weighted by Crippen LogP contribution is 2.38. The van der Waals surface area contributed by atoms with Crippen molar-refractivity contribution in [3.05, 3.63) is 33.8 Å². The van der Waals surface area contributed by atoms with E-state index in [2.05, 4.69) is 0 Å². The van der Waals surface area contributed by atoms with E-state index in [4.69, 9.17) is 27.9 Å². The van der Waals surface area contributed by atoms with Crippen molar-refractivity contribution in [3.63, 3.8) is 0 Å². The van der Waals surface area contributed by atoms with Crippen molar-refractivity contribution in [1.29, 1.82) is 0 Å². The van der Waals surface area contributed by atoms with E-state index >= 15 is 0 Å². The van der Waals surface area contributed by atoms with E-state index in [1.807, 2.05) is 4.90 Å². The summed E-state index contributed by atoms with van der Waals surface area (Å²) in [6, 6.07) is 4.42. The van der Waals surface area contributed by atoms with Crippen LogP contribution in [0.25, 0.3) is 0 Å². The number of hydrogen-bond donors (Lipinski definition) is 0. The van der Waals surface area contributed by atoms with Gasteiger partial charge in [0.2, 0.25) is 5.91 Å². The minimum atomic E-state index is -0.423. The van der Waals surface area contributed by atoms with Gasteiger partial charge in [-0.05, 0) is 50.3 Å². The van der Waals surface area contributed by atoms with Gasteiger partial charge in [0.05, 0.1) is 22.8 Å². The maximum absolute atomic E-state index is 13.1. The zero-order valence-electron chi connectivity index (χ0n) is 14.5. The van der Waals surface area contributed by atoms with Gasteiger partial charge in [0, 0.05) is 24.7 Å². The van der Waals surface area contributed by atoms with Gasteiger partial charge >= 0.3 is 0 Å². The molecule has 1 aromatic rings. The summed E-state index contributed by atoms with van der Waals surface area (Å²) >= 11 is 12.2. The first-order valence-electron chi connectivity index (χ1n) is 9.18. The smallest absolute Gasteiger partial charge is 0.256 e. The van der Waals surface area contributed by atoms with Crippen molar-refractivity contribution in [2.24, 2.45) is 0 Å². The van der Waals surface area contributed by atoms with Crippen LogP contribution in [0.5, 0.6) is 0 Å². The molecule has 2 amide bonds. The van der Waals surface area contributed by atoms with Crippen LogP contribution in [0.15, 0.2) is 18.2 Å². The molecule has 3 fully saturated rings. The number of morpholine rings is 1. The van der Waals surface area contributed by atoms with E-state index in [1.165, 1.54) is 0 Å². The molecule has 1 aromatic carbocycles. The molecule has 1 atom stereocenters. The predicted molar refractivity (Wildman–Crippen MR) is 99.6 cm³/mol. The predicted octanol–water partition coefficient (Wildman–Crippen LogP) is 3.38. The molecule has 26 heavy (non-hydrogen) atoms. The lowest BCUT2D eigenvalue weighted by atomic mass is 9.78. The number of ether oxygens (including phenoxy) is 1. The molecule has 7 heteroatoms. The van der Waals surface area contributed by atoms with Crippen molar-refractivity contribution >= 4 is 35.0 Å². The first-order valence-corrected chi connectivity index (χ1v) is 9.93. The number of carbonyl (C=O) groups is 2. The largest absolute Gasteiger partial charge is 0.371 e. The molecule has 1 unspecified atom stereocenters. The molecule has 0 bridgehead atoms. The molecule has 140 valence electrons. The van der Waals surface area contributed by atoms with Crippen LogP contribution in [-0.4, -0.2) is 59.5 Å². The molecule has 0 radical (unpaired) electrons. The molecule has 2 heterocycles. The van der Waals surface area contributed by atoms with Crippen LogP contribution in [0.1, 0.15) is 42.5 Å². The summed E-state index contributed by atoms with van der Waals surface area (Å²) in [6.45, 7) is 2.37. The number of likely N-dealkylation sites (tertiary alicyclic amines) is 1. The maximum atomic E-state index is 13.1. The Bertz CT molecular complexity index is 735. The summed E-state index contributed by atoms with van der Waals surface area (Å²) in [5.41, 5.74) is 0.216. The average Bonchev–Trinajstić information content (AvgIpc) is 3.11. The van der Waals surface area contributed by atoms with Crippen molar-refractivity contribution in [3.8, 4) is 0 Å². The third-order valence-electron chi connectivity index (χ3n) is 5.78. The number of nitrogens with zero attached hydrogens (tertiary/aromatic N) is 2. The Morgan fingerprint density at radius 1 is 1.15 bits per heavy atom. The molecule has 3 aliphatic rings. The van der Waals surface area contributed by atoms with Crippen LogP contribution in [0.2, 0.25) is 10.0 Å². The summed E-state index contributed by atoms with van der Waals surface area (Å²) in [4.78, 5) is 29.7. The second-order valence-corrected chi connectivity index (χ2v) is 8.27. The summed E-state index contributed by atoms with van der Waals surface area (Å²) in [5.74, 6) is -0.191. The molecule has 2 aliphatic heterocycles. The zero-order valence-corrected chi connectivity index (χ0v) is 16.1. The second-order valence-electron chi connectivity index (χ2n) is 7.43. The van der Waals surface area contributed by atoms with Crippen LogP contribution < -0.4 is 0 Å². The fraction of sp³-hybridized carbons (Fsp3) is 0.579. The lowest BCUT2D eigenvalue weighted by Crippen LogP contribution is -2.60. The van der Waals surface area contributed by atoms with E-state index in [-0.39, 0.29) is 17.4 Å². The van der Waals surface area contributed by atoms with Gasteiger partial charge in [-0.15, -0.1) is 0 Å². The number of amides is 2. The summed E-state index contributed by atoms with van der Waals surface area (Å²) in [7, 11) is 0. The van der Waals surface area contributed by atoms with Gasteiger partial charge in [-0.3, -0.25) is 9.59 Å². The SMILES string of the molecule is O=C(C1CCCN1C(=O)c1cc(Cl)ccc1Cl)N1CCOC2(CCC2)C1. The molecule has 1 aliphatic carbocycles. The highest BCUT2D eigenvalue weighted by atomic mass is 35.5. The molecule has 0 aromatic heterocycles. The van der Waals surface area contributed by atoms with Gasteiger partial charge in [-0.1, -0.05) is 23.2 Å². The molecule has 4 rings (SSSR count). The van der Waals surface area contributed by atoms with Gasteiger partial charge in [0.25, 0.3) is 5.91 Å². The summed E-state index contributed by atoms with van der Waals surface area (Å²) < 4.78 is 5.91.